The Morgan fingerprint density at radius 1 is 0.880 bits per heavy atom. The minimum absolute atomic E-state index is 0.485. The first-order valence-electron chi connectivity index (χ1n) is 11.5. The lowest BCUT2D eigenvalue weighted by Crippen LogP contribution is -2.34. The number of unbranched alkanes of at least 4 members (excludes halogenated alkanes) is 5. The van der Waals surface area contributed by atoms with Crippen LogP contribution in [0.2, 0.25) is 0 Å². The molecule has 0 aromatic heterocycles. The Bertz CT molecular complexity index is 334. The van der Waals surface area contributed by atoms with E-state index in [1.54, 1.807) is 0 Å². The van der Waals surface area contributed by atoms with E-state index in [9.17, 15) is 0 Å². The lowest BCUT2D eigenvalue weighted by atomic mass is 9.64. The maximum atomic E-state index is 5.98. The lowest BCUT2D eigenvalue weighted by Gasteiger charge is -2.43. The Kier molecular flexibility index (Phi) is 10.2. The van der Waals surface area contributed by atoms with Gasteiger partial charge in [0.05, 0.1) is 13.2 Å². The summed E-state index contributed by atoms with van der Waals surface area (Å²) in [4.78, 5) is 0. The van der Waals surface area contributed by atoms with E-state index < -0.39 is 0 Å². The van der Waals surface area contributed by atoms with E-state index >= 15 is 0 Å². The van der Waals surface area contributed by atoms with Crippen molar-refractivity contribution in [1.29, 1.82) is 0 Å². The number of rotatable bonds is 12. The molecule has 2 rings (SSSR count). The molecule has 1 heteroatoms. The van der Waals surface area contributed by atoms with Gasteiger partial charge < -0.3 is 4.74 Å². The number of hydrogen-bond donors (Lipinski definition) is 0. The van der Waals surface area contributed by atoms with Crippen LogP contribution in [0, 0.1) is 17.3 Å². The predicted octanol–water partition coefficient (Wildman–Crippen LogP) is 7.70. The molecule has 0 atom stereocenters. The summed E-state index contributed by atoms with van der Waals surface area (Å²) in [7, 11) is 0. The zero-order valence-corrected chi connectivity index (χ0v) is 17.1. The second kappa shape index (κ2) is 12.2. The van der Waals surface area contributed by atoms with Gasteiger partial charge in [0.2, 0.25) is 0 Å². The van der Waals surface area contributed by atoms with E-state index in [1.807, 2.05) is 6.08 Å². The average molecular weight is 349 g/mol. The molecular formula is C24H44O. The van der Waals surface area contributed by atoms with Gasteiger partial charge in [0, 0.05) is 0 Å². The van der Waals surface area contributed by atoms with Gasteiger partial charge in [0.1, 0.15) is 0 Å². The first-order valence-corrected chi connectivity index (χ1v) is 11.5. The Hall–Kier alpha value is -0.300. The summed E-state index contributed by atoms with van der Waals surface area (Å²) in [5.41, 5.74) is 0.485. The van der Waals surface area contributed by atoms with E-state index in [0.717, 1.165) is 25.0 Å². The third-order valence-corrected chi connectivity index (χ3v) is 7.11. The normalized spacial score (nSPS) is 28.1. The quantitative estimate of drug-likeness (QED) is 0.259. The average Bonchev–Trinajstić information content (AvgIpc) is 2.66. The van der Waals surface area contributed by atoms with Gasteiger partial charge in [-0.05, 0) is 49.4 Å². The molecule has 1 nitrogen and oxygen atoms in total. The van der Waals surface area contributed by atoms with Gasteiger partial charge in [0.25, 0.3) is 0 Å². The van der Waals surface area contributed by atoms with Gasteiger partial charge in [-0.3, -0.25) is 0 Å². The van der Waals surface area contributed by atoms with Crippen LogP contribution in [0.5, 0.6) is 0 Å². The molecule has 2 fully saturated rings. The van der Waals surface area contributed by atoms with E-state index in [4.69, 9.17) is 4.74 Å². The van der Waals surface area contributed by atoms with Crippen molar-refractivity contribution in [2.75, 3.05) is 13.2 Å². The molecule has 2 aliphatic rings. The van der Waals surface area contributed by atoms with Gasteiger partial charge >= 0.3 is 0 Å². The standard InChI is InChI=1S/C24H44O/c1-3-5-6-7-8-12-17-24(21-25-20-4-2)18-15-23(16-19-24)22-13-10-9-11-14-22/h4,22-23H,2-3,5-21H2,1H3/t23-,24+. The Morgan fingerprint density at radius 3 is 2.20 bits per heavy atom. The summed E-state index contributed by atoms with van der Waals surface area (Å²) >= 11 is 0. The van der Waals surface area contributed by atoms with Crippen LogP contribution >= 0.6 is 0 Å². The summed E-state index contributed by atoms with van der Waals surface area (Å²) < 4.78 is 5.98. The molecule has 0 spiro atoms. The molecule has 2 saturated carbocycles. The molecule has 25 heavy (non-hydrogen) atoms. The molecular weight excluding hydrogens is 304 g/mol. The first-order chi connectivity index (χ1) is 12.3. The van der Waals surface area contributed by atoms with E-state index in [-0.39, 0.29) is 0 Å². The van der Waals surface area contributed by atoms with Crippen molar-refractivity contribution in [2.24, 2.45) is 17.3 Å². The fraction of sp³-hybridized carbons (Fsp3) is 0.917. The highest BCUT2D eigenvalue weighted by Gasteiger charge is 2.37. The second-order valence-corrected chi connectivity index (χ2v) is 9.06. The van der Waals surface area contributed by atoms with Gasteiger partial charge in [-0.1, -0.05) is 83.6 Å². The summed E-state index contributed by atoms with van der Waals surface area (Å²) in [5, 5.41) is 0. The fourth-order valence-electron chi connectivity index (χ4n) is 5.44. The zero-order valence-electron chi connectivity index (χ0n) is 17.1. The van der Waals surface area contributed by atoms with Crippen molar-refractivity contribution in [2.45, 2.75) is 110 Å². The van der Waals surface area contributed by atoms with Crippen molar-refractivity contribution in [3.05, 3.63) is 12.7 Å². The molecule has 0 saturated heterocycles. The van der Waals surface area contributed by atoms with Crippen molar-refractivity contribution in [1.82, 2.24) is 0 Å². The lowest BCUT2D eigenvalue weighted by molar-refractivity contribution is 0.00340. The topological polar surface area (TPSA) is 9.23 Å². The zero-order chi connectivity index (χ0) is 17.8. The molecule has 146 valence electrons. The summed E-state index contributed by atoms with van der Waals surface area (Å²) in [6, 6.07) is 0. The monoisotopic (exact) mass is 348 g/mol. The van der Waals surface area contributed by atoms with Crippen LogP contribution in [0.4, 0.5) is 0 Å². The minimum Gasteiger partial charge on any atom is -0.377 e. The first kappa shape index (κ1) is 21.0. The SMILES string of the molecule is C=CCOC[C@]1(CCCCCCCC)CC[C@H](C2CCCCC2)CC1. The summed E-state index contributed by atoms with van der Waals surface area (Å²) in [6.07, 6.45) is 25.0. The van der Waals surface area contributed by atoms with Gasteiger partial charge in [-0.25, -0.2) is 0 Å². The Labute approximate surface area is 158 Å². The predicted molar refractivity (Wildman–Crippen MR) is 110 cm³/mol. The van der Waals surface area contributed by atoms with Crippen LogP contribution in [0.1, 0.15) is 110 Å². The van der Waals surface area contributed by atoms with E-state index in [1.165, 1.54) is 103 Å². The highest BCUT2D eigenvalue weighted by atomic mass is 16.5. The maximum absolute atomic E-state index is 5.98. The molecule has 0 aromatic rings. The van der Waals surface area contributed by atoms with Gasteiger partial charge in [-0.2, -0.15) is 0 Å². The number of ether oxygens (including phenoxy) is 1. The third kappa shape index (κ3) is 7.45. The van der Waals surface area contributed by atoms with Crippen LogP contribution in [0.25, 0.3) is 0 Å². The number of hydrogen-bond acceptors (Lipinski definition) is 1. The summed E-state index contributed by atoms with van der Waals surface area (Å²) in [5.74, 6) is 2.08. The van der Waals surface area contributed by atoms with Crippen LogP contribution in [0.3, 0.4) is 0 Å². The van der Waals surface area contributed by atoms with Gasteiger partial charge in [0.15, 0.2) is 0 Å². The summed E-state index contributed by atoms with van der Waals surface area (Å²) in [6.45, 7) is 7.82. The Morgan fingerprint density at radius 2 is 1.52 bits per heavy atom. The Balaban J connectivity index is 1.76. The third-order valence-electron chi connectivity index (χ3n) is 7.11. The van der Waals surface area contributed by atoms with Crippen LogP contribution in [-0.2, 0) is 4.74 Å². The molecule has 2 aliphatic carbocycles. The van der Waals surface area contributed by atoms with Crippen molar-refractivity contribution in [3.8, 4) is 0 Å². The molecule has 0 aromatic carbocycles. The minimum atomic E-state index is 0.485. The molecule has 0 bridgehead atoms. The van der Waals surface area contributed by atoms with E-state index in [2.05, 4.69) is 13.5 Å². The van der Waals surface area contributed by atoms with Crippen molar-refractivity contribution >= 4 is 0 Å². The molecule has 0 aliphatic heterocycles. The molecule has 0 heterocycles. The van der Waals surface area contributed by atoms with Crippen LogP contribution in [-0.4, -0.2) is 13.2 Å². The van der Waals surface area contributed by atoms with Crippen LogP contribution < -0.4 is 0 Å². The van der Waals surface area contributed by atoms with Crippen molar-refractivity contribution in [3.63, 3.8) is 0 Å². The molecule has 0 amide bonds. The van der Waals surface area contributed by atoms with Gasteiger partial charge in [-0.15, -0.1) is 6.58 Å². The fourth-order valence-corrected chi connectivity index (χ4v) is 5.44. The maximum Gasteiger partial charge on any atom is 0.0645 e. The molecule has 0 unspecified atom stereocenters. The highest BCUT2D eigenvalue weighted by molar-refractivity contribution is 4.89. The molecule has 0 radical (unpaired) electrons. The smallest absolute Gasteiger partial charge is 0.0645 e. The second-order valence-electron chi connectivity index (χ2n) is 9.06. The molecule has 0 N–H and O–H groups in total. The largest absolute Gasteiger partial charge is 0.377 e. The van der Waals surface area contributed by atoms with E-state index in [0.29, 0.717) is 5.41 Å². The van der Waals surface area contributed by atoms with Crippen LogP contribution in [0.15, 0.2) is 12.7 Å². The van der Waals surface area contributed by atoms with Crippen molar-refractivity contribution < 1.29 is 4.74 Å². The highest BCUT2D eigenvalue weighted by Crippen LogP contribution is 2.47.